The van der Waals surface area contributed by atoms with Crippen molar-refractivity contribution in [2.45, 2.75) is 25.4 Å². The van der Waals surface area contributed by atoms with Gasteiger partial charge in [0, 0.05) is 25.7 Å². The molecule has 0 bridgehead atoms. The number of likely N-dealkylation sites (tertiary alicyclic amines) is 1. The fourth-order valence-corrected chi connectivity index (χ4v) is 3.89. The van der Waals surface area contributed by atoms with Gasteiger partial charge in [0.2, 0.25) is 0 Å². The van der Waals surface area contributed by atoms with Crippen LogP contribution in [-0.4, -0.2) is 31.1 Å². The molecule has 0 atom stereocenters. The third-order valence-electron chi connectivity index (χ3n) is 5.33. The highest BCUT2D eigenvalue weighted by atomic mass is 16.5. The number of ether oxygens (including phenoxy) is 1. The molecule has 1 heterocycles. The average molecular weight is 346 g/mol. The van der Waals surface area contributed by atoms with Crippen LogP contribution >= 0.6 is 0 Å². The summed E-state index contributed by atoms with van der Waals surface area (Å²) in [7, 11) is 1.73. The Hall–Kier alpha value is -2.52. The van der Waals surface area contributed by atoms with Gasteiger partial charge in [0.05, 0.1) is 12.8 Å². The molecule has 0 saturated carbocycles. The number of hydrogen-bond acceptors (Lipinski definition) is 3. The average Bonchev–Trinajstić information content (AvgIpc) is 2.70. The monoisotopic (exact) mass is 346 g/mol. The van der Waals surface area contributed by atoms with E-state index in [4.69, 9.17) is 4.74 Å². The van der Waals surface area contributed by atoms with Crippen LogP contribution in [-0.2, 0) is 6.54 Å². The van der Waals surface area contributed by atoms with Crippen LogP contribution in [0.5, 0.6) is 5.75 Å². The van der Waals surface area contributed by atoms with Crippen molar-refractivity contribution in [1.82, 2.24) is 4.90 Å². The highest BCUT2D eigenvalue weighted by Gasteiger charge is 2.20. The van der Waals surface area contributed by atoms with E-state index < -0.39 is 0 Å². The lowest BCUT2D eigenvalue weighted by atomic mass is 10.0. The van der Waals surface area contributed by atoms with E-state index in [1.54, 1.807) is 7.11 Å². The van der Waals surface area contributed by atoms with Crippen molar-refractivity contribution in [3.05, 3.63) is 72.3 Å². The summed E-state index contributed by atoms with van der Waals surface area (Å²) in [6.45, 7) is 3.27. The Labute approximate surface area is 155 Å². The zero-order valence-corrected chi connectivity index (χ0v) is 15.3. The van der Waals surface area contributed by atoms with Crippen LogP contribution in [0.25, 0.3) is 10.8 Å². The van der Waals surface area contributed by atoms with E-state index in [0.717, 1.165) is 43.9 Å². The van der Waals surface area contributed by atoms with Crippen LogP contribution in [0.3, 0.4) is 0 Å². The van der Waals surface area contributed by atoms with Crippen molar-refractivity contribution in [3.8, 4) is 5.75 Å². The number of rotatable bonds is 5. The van der Waals surface area contributed by atoms with Crippen molar-refractivity contribution in [2.24, 2.45) is 0 Å². The topological polar surface area (TPSA) is 24.5 Å². The minimum Gasteiger partial charge on any atom is -0.495 e. The quantitative estimate of drug-likeness (QED) is 0.709. The number of benzene rings is 3. The van der Waals surface area contributed by atoms with E-state index in [2.05, 4.69) is 64.8 Å². The first-order chi connectivity index (χ1) is 12.8. The number of methoxy groups -OCH3 is 1. The number of anilines is 1. The van der Waals surface area contributed by atoms with Gasteiger partial charge in [0.25, 0.3) is 0 Å². The summed E-state index contributed by atoms with van der Waals surface area (Å²) >= 11 is 0. The number of nitrogens with zero attached hydrogens (tertiary/aromatic N) is 1. The summed E-state index contributed by atoms with van der Waals surface area (Å²) in [5.74, 6) is 0.922. The second-order valence-corrected chi connectivity index (χ2v) is 7.03. The minimum atomic E-state index is 0.509. The number of nitrogens with one attached hydrogen (secondary N) is 1. The molecule has 0 amide bonds. The Bertz CT molecular complexity index is 863. The molecule has 1 saturated heterocycles. The van der Waals surface area contributed by atoms with Gasteiger partial charge >= 0.3 is 0 Å². The van der Waals surface area contributed by atoms with E-state index in [1.807, 2.05) is 12.1 Å². The summed E-state index contributed by atoms with van der Waals surface area (Å²) in [4.78, 5) is 2.57. The van der Waals surface area contributed by atoms with Gasteiger partial charge in [-0.2, -0.15) is 0 Å². The minimum absolute atomic E-state index is 0.509. The second-order valence-electron chi connectivity index (χ2n) is 7.03. The lowest BCUT2D eigenvalue weighted by Crippen LogP contribution is -2.38. The molecule has 1 N–H and O–H groups in total. The van der Waals surface area contributed by atoms with Crippen molar-refractivity contribution in [1.29, 1.82) is 0 Å². The Kier molecular flexibility index (Phi) is 5.07. The van der Waals surface area contributed by atoms with Gasteiger partial charge in [-0.1, -0.05) is 54.6 Å². The molecule has 4 rings (SSSR count). The summed E-state index contributed by atoms with van der Waals surface area (Å²) < 4.78 is 5.45. The summed E-state index contributed by atoms with van der Waals surface area (Å²) in [6, 6.07) is 24.0. The van der Waals surface area contributed by atoms with Gasteiger partial charge in [-0.25, -0.2) is 0 Å². The van der Waals surface area contributed by atoms with Gasteiger partial charge in [-0.05, 0) is 41.3 Å². The number of para-hydroxylation sites is 2. The van der Waals surface area contributed by atoms with Crippen molar-refractivity contribution >= 4 is 16.5 Å². The standard InChI is InChI=1S/C23H26N2O/c1-26-23-12-5-4-11-22(23)24-20-13-15-25(16-14-20)17-19-9-6-8-18-7-2-3-10-21(18)19/h2-12,20,24H,13-17H2,1H3. The van der Waals surface area contributed by atoms with Crippen LogP contribution in [0.15, 0.2) is 66.7 Å². The maximum Gasteiger partial charge on any atom is 0.141 e. The highest BCUT2D eigenvalue weighted by molar-refractivity contribution is 5.85. The molecule has 0 unspecified atom stereocenters. The third-order valence-corrected chi connectivity index (χ3v) is 5.33. The van der Waals surface area contributed by atoms with E-state index >= 15 is 0 Å². The maximum absolute atomic E-state index is 5.45. The first-order valence-corrected chi connectivity index (χ1v) is 9.42. The highest BCUT2D eigenvalue weighted by Crippen LogP contribution is 2.27. The van der Waals surface area contributed by atoms with Crippen molar-refractivity contribution in [3.63, 3.8) is 0 Å². The Morgan fingerprint density at radius 2 is 1.65 bits per heavy atom. The molecule has 3 aromatic carbocycles. The van der Waals surface area contributed by atoms with Crippen LogP contribution in [0, 0.1) is 0 Å². The fourth-order valence-electron chi connectivity index (χ4n) is 3.89. The number of piperidine rings is 1. The Morgan fingerprint density at radius 3 is 2.50 bits per heavy atom. The lowest BCUT2D eigenvalue weighted by Gasteiger charge is -2.33. The Balaban J connectivity index is 1.38. The Morgan fingerprint density at radius 1 is 0.923 bits per heavy atom. The molecule has 3 heteroatoms. The molecule has 3 aromatic rings. The molecule has 1 aliphatic rings. The first kappa shape index (κ1) is 16.9. The van der Waals surface area contributed by atoms with E-state index in [0.29, 0.717) is 6.04 Å². The molecule has 134 valence electrons. The third kappa shape index (κ3) is 3.68. The van der Waals surface area contributed by atoms with Crippen molar-refractivity contribution in [2.75, 3.05) is 25.5 Å². The summed E-state index contributed by atoms with van der Waals surface area (Å²) in [5, 5.41) is 6.37. The zero-order chi connectivity index (χ0) is 17.8. The SMILES string of the molecule is COc1ccccc1NC1CCN(Cc2cccc3ccccc23)CC1. The van der Waals surface area contributed by atoms with Crippen LogP contribution in [0.2, 0.25) is 0 Å². The molecular formula is C23H26N2O. The number of hydrogen-bond donors (Lipinski definition) is 1. The molecular weight excluding hydrogens is 320 g/mol. The predicted octanol–water partition coefficient (Wildman–Crippen LogP) is 4.92. The normalized spacial score (nSPS) is 15.9. The van der Waals surface area contributed by atoms with Gasteiger partial charge in [0.1, 0.15) is 5.75 Å². The van der Waals surface area contributed by atoms with Crippen LogP contribution < -0.4 is 10.1 Å². The molecule has 0 radical (unpaired) electrons. The second kappa shape index (κ2) is 7.79. The molecule has 3 nitrogen and oxygen atoms in total. The largest absolute Gasteiger partial charge is 0.495 e. The summed E-state index contributed by atoms with van der Waals surface area (Å²) in [5.41, 5.74) is 2.53. The van der Waals surface area contributed by atoms with Crippen LogP contribution in [0.4, 0.5) is 5.69 Å². The lowest BCUT2D eigenvalue weighted by molar-refractivity contribution is 0.212. The molecule has 0 spiro atoms. The molecule has 26 heavy (non-hydrogen) atoms. The first-order valence-electron chi connectivity index (χ1n) is 9.42. The summed E-state index contributed by atoms with van der Waals surface area (Å²) in [6.07, 6.45) is 2.31. The van der Waals surface area contributed by atoms with Gasteiger partial charge in [-0.3, -0.25) is 4.90 Å². The molecule has 1 aliphatic heterocycles. The van der Waals surface area contributed by atoms with Crippen molar-refractivity contribution < 1.29 is 4.74 Å². The van der Waals surface area contributed by atoms with Gasteiger partial charge in [-0.15, -0.1) is 0 Å². The fraction of sp³-hybridized carbons (Fsp3) is 0.304. The molecule has 1 fully saturated rings. The number of fused-ring (bicyclic) bond motifs is 1. The zero-order valence-electron chi connectivity index (χ0n) is 15.3. The predicted molar refractivity (Wildman–Crippen MR) is 109 cm³/mol. The smallest absolute Gasteiger partial charge is 0.141 e. The maximum atomic E-state index is 5.45. The van der Waals surface area contributed by atoms with E-state index in [9.17, 15) is 0 Å². The van der Waals surface area contributed by atoms with Gasteiger partial charge < -0.3 is 10.1 Å². The van der Waals surface area contributed by atoms with E-state index in [-0.39, 0.29) is 0 Å². The molecule has 0 aliphatic carbocycles. The van der Waals surface area contributed by atoms with Crippen LogP contribution in [0.1, 0.15) is 18.4 Å². The van der Waals surface area contributed by atoms with E-state index in [1.165, 1.54) is 16.3 Å². The molecule has 0 aromatic heterocycles. The van der Waals surface area contributed by atoms with Gasteiger partial charge in [0.15, 0.2) is 0 Å².